The van der Waals surface area contributed by atoms with Crippen LogP contribution < -0.4 is 0 Å². The van der Waals surface area contributed by atoms with Crippen molar-refractivity contribution in [3.8, 4) is 5.69 Å². The van der Waals surface area contributed by atoms with Crippen LogP contribution in [0.4, 0.5) is 0 Å². The Labute approximate surface area is 168 Å². The summed E-state index contributed by atoms with van der Waals surface area (Å²) in [6, 6.07) is 7.21. The quantitative estimate of drug-likeness (QED) is 0.538. The zero-order valence-corrected chi connectivity index (χ0v) is 16.7. The van der Waals surface area contributed by atoms with Crippen molar-refractivity contribution in [1.29, 1.82) is 0 Å². The van der Waals surface area contributed by atoms with Crippen molar-refractivity contribution in [2.75, 3.05) is 20.2 Å². The summed E-state index contributed by atoms with van der Waals surface area (Å²) >= 11 is 0. The average Bonchev–Trinajstić information content (AvgIpc) is 3.40. The molecule has 152 valence electrons. The number of oxazole rings is 1. The Kier molecular flexibility index (Phi) is 6.38. The number of para-hydroxylation sites is 1. The lowest BCUT2D eigenvalue weighted by Crippen LogP contribution is -2.34. The molecule has 9 nitrogen and oxygen atoms in total. The fraction of sp³-hybridized carbons (Fsp3) is 0.350. The molecule has 0 unspecified atom stereocenters. The average molecular weight is 397 g/mol. The number of hydrogen-bond donors (Lipinski definition) is 0. The van der Waals surface area contributed by atoms with Crippen LogP contribution in [0.5, 0.6) is 0 Å². The number of methoxy groups -OCH3 is 1. The molecule has 0 N–H and O–H groups in total. The maximum atomic E-state index is 13.2. The first kappa shape index (κ1) is 20.2. The van der Waals surface area contributed by atoms with E-state index >= 15 is 0 Å². The van der Waals surface area contributed by atoms with E-state index in [-0.39, 0.29) is 11.6 Å². The molecule has 0 fully saturated rings. The van der Waals surface area contributed by atoms with E-state index in [9.17, 15) is 9.59 Å². The van der Waals surface area contributed by atoms with Gasteiger partial charge in [0, 0.05) is 19.5 Å². The number of rotatable bonds is 8. The van der Waals surface area contributed by atoms with Crippen LogP contribution >= 0.6 is 0 Å². The Bertz CT molecular complexity index is 981. The highest BCUT2D eigenvalue weighted by Gasteiger charge is 2.22. The van der Waals surface area contributed by atoms with Crippen molar-refractivity contribution < 1.29 is 18.7 Å². The van der Waals surface area contributed by atoms with Gasteiger partial charge in [0.05, 0.1) is 30.8 Å². The standard InChI is InChI=1S/C20H23N5O4/c1-4-12-24(13-9-17-23-18(14(2)29-17)20(27)28-3)19(26)15-7-5-6-8-16(15)25-21-10-11-22-25/h5-8,10-11H,4,9,12-13H2,1-3H3. The van der Waals surface area contributed by atoms with Crippen LogP contribution in [-0.2, 0) is 11.2 Å². The molecule has 0 aliphatic rings. The molecular formula is C20H23N5O4. The number of benzene rings is 1. The van der Waals surface area contributed by atoms with Crippen LogP contribution in [0, 0.1) is 6.92 Å². The third kappa shape index (κ3) is 4.50. The van der Waals surface area contributed by atoms with Crippen LogP contribution in [0.3, 0.4) is 0 Å². The third-order valence-corrected chi connectivity index (χ3v) is 4.36. The zero-order chi connectivity index (χ0) is 20.8. The predicted octanol–water partition coefficient (Wildman–Crippen LogP) is 2.45. The molecule has 0 aliphatic carbocycles. The zero-order valence-electron chi connectivity index (χ0n) is 16.7. The number of aryl methyl sites for hydroxylation is 1. The Morgan fingerprint density at radius 2 is 1.90 bits per heavy atom. The summed E-state index contributed by atoms with van der Waals surface area (Å²) < 4.78 is 10.3. The smallest absolute Gasteiger partial charge is 0.360 e. The van der Waals surface area contributed by atoms with Crippen LogP contribution in [0.1, 0.15) is 45.8 Å². The molecule has 3 rings (SSSR count). The lowest BCUT2D eigenvalue weighted by Gasteiger charge is -2.22. The Balaban J connectivity index is 1.79. The van der Waals surface area contributed by atoms with Gasteiger partial charge in [-0.15, -0.1) is 0 Å². The van der Waals surface area contributed by atoms with Gasteiger partial charge in [-0.25, -0.2) is 9.78 Å². The fourth-order valence-corrected chi connectivity index (χ4v) is 3.00. The van der Waals surface area contributed by atoms with Crippen molar-refractivity contribution >= 4 is 11.9 Å². The maximum Gasteiger partial charge on any atom is 0.360 e. The normalized spacial score (nSPS) is 10.7. The minimum absolute atomic E-state index is 0.129. The van der Waals surface area contributed by atoms with E-state index < -0.39 is 5.97 Å². The lowest BCUT2D eigenvalue weighted by atomic mass is 10.1. The van der Waals surface area contributed by atoms with Gasteiger partial charge in [-0.2, -0.15) is 15.0 Å². The Morgan fingerprint density at radius 1 is 1.17 bits per heavy atom. The summed E-state index contributed by atoms with van der Waals surface area (Å²) in [4.78, 5) is 32.3. The van der Waals surface area contributed by atoms with Gasteiger partial charge >= 0.3 is 5.97 Å². The van der Waals surface area contributed by atoms with Gasteiger partial charge in [0.2, 0.25) is 0 Å². The van der Waals surface area contributed by atoms with E-state index in [4.69, 9.17) is 9.15 Å². The van der Waals surface area contributed by atoms with E-state index in [1.807, 2.05) is 19.1 Å². The third-order valence-electron chi connectivity index (χ3n) is 4.36. The largest absolute Gasteiger partial charge is 0.464 e. The number of aromatic nitrogens is 4. The summed E-state index contributed by atoms with van der Waals surface area (Å²) in [5, 5.41) is 8.26. The van der Waals surface area contributed by atoms with Gasteiger partial charge in [-0.1, -0.05) is 19.1 Å². The highest BCUT2D eigenvalue weighted by Crippen LogP contribution is 2.17. The Hall–Kier alpha value is -3.49. The van der Waals surface area contributed by atoms with Crippen LogP contribution in [0.15, 0.2) is 41.1 Å². The second-order valence-electron chi connectivity index (χ2n) is 6.38. The molecule has 0 saturated carbocycles. The van der Waals surface area contributed by atoms with E-state index in [2.05, 4.69) is 15.2 Å². The number of ether oxygens (including phenoxy) is 1. The summed E-state index contributed by atoms with van der Waals surface area (Å²) in [7, 11) is 1.30. The number of carbonyl (C=O) groups excluding carboxylic acids is 2. The van der Waals surface area contributed by atoms with Crippen molar-refractivity contribution in [3.05, 3.63) is 59.6 Å². The van der Waals surface area contributed by atoms with Crippen molar-refractivity contribution in [1.82, 2.24) is 24.9 Å². The predicted molar refractivity (Wildman–Crippen MR) is 104 cm³/mol. The molecule has 3 aromatic rings. The minimum Gasteiger partial charge on any atom is -0.464 e. The molecule has 0 bridgehead atoms. The minimum atomic E-state index is -0.542. The fourth-order valence-electron chi connectivity index (χ4n) is 3.00. The van der Waals surface area contributed by atoms with E-state index in [1.54, 1.807) is 36.4 Å². The highest BCUT2D eigenvalue weighted by molar-refractivity contribution is 5.97. The van der Waals surface area contributed by atoms with Gasteiger partial charge in [0.15, 0.2) is 11.6 Å². The summed E-state index contributed by atoms with van der Waals surface area (Å²) in [6.45, 7) is 4.63. The molecule has 0 spiro atoms. The van der Waals surface area contributed by atoms with E-state index in [1.165, 1.54) is 11.9 Å². The molecule has 1 aromatic carbocycles. The summed E-state index contributed by atoms with van der Waals surface area (Å²) in [5.41, 5.74) is 1.28. The first-order valence-electron chi connectivity index (χ1n) is 9.34. The Morgan fingerprint density at radius 3 is 2.59 bits per heavy atom. The molecule has 29 heavy (non-hydrogen) atoms. The van der Waals surface area contributed by atoms with Crippen LogP contribution in [0.25, 0.3) is 5.69 Å². The second kappa shape index (κ2) is 9.13. The maximum absolute atomic E-state index is 13.2. The van der Waals surface area contributed by atoms with Crippen molar-refractivity contribution in [2.24, 2.45) is 0 Å². The van der Waals surface area contributed by atoms with Crippen molar-refractivity contribution in [3.63, 3.8) is 0 Å². The van der Waals surface area contributed by atoms with Crippen LogP contribution in [-0.4, -0.2) is 57.0 Å². The molecule has 9 heteroatoms. The molecule has 2 heterocycles. The molecule has 0 atom stereocenters. The van der Waals surface area contributed by atoms with Gasteiger partial charge < -0.3 is 14.1 Å². The number of carbonyl (C=O) groups is 2. The molecule has 0 saturated heterocycles. The SMILES string of the molecule is CCCN(CCc1nc(C(=O)OC)c(C)o1)C(=O)c1ccccc1-n1nccn1. The van der Waals surface area contributed by atoms with Crippen LogP contribution in [0.2, 0.25) is 0 Å². The van der Waals surface area contributed by atoms with Gasteiger partial charge in [0.1, 0.15) is 5.76 Å². The van der Waals surface area contributed by atoms with Gasteiger partial charge in [-0.3, -0.25) is 4.79 Å². The lowest BCUT2D eigenvalue weighted by molar-refractivity contribution is 0.0592. The topological polar surface area (TPSA) is 103 Å². The monoisotopic (exact) mass is 397 g/mol. The second-order valence-corrected chi connectivity index (χ2v) is 6.38. The number of esters is 1. The van der Waals surface area contributed by atoms with Gasteiger partial charge in [0.25, 0.3) is 5.91 Å². The summed E-state index contributed by atoms with van der Waals surface area (Å²) in [6.07, 6.45) is 4.31. The number of nitrogens with zero attached hydrogens (tertiary/aromatic N) is 5. The molecule has 1 amide bonds. The molecule has 0 radical (unpaired) electrons. The first-order chi connectivity index (χ1) is 14.0. The summed E-state index contributed by atoms with van der Waals surface area (Å²) in [5.74, 6) is 0.116. The number of hydrogen-bond acceptors (Lipinski definition) is 7. The van der Waals surface area contributed by atoms with E-state index in [0.717, 1.165) is 6.42 Å². The highest BCUT2D eigenvalue weighted by atomic mass is 16.5. The number of amides is 1. The molecule has 0 aliphatic heterocycles. The molecular weight excluding hydrogens is 374 g/mol. The van der Waals surface area contributed by atoms with Gasteiger partial charge in [-0.05, 0) is 25.5 Å². The first-order valence-corrected chi connectivity index (χ1v) is 9.34. The molecule has 2 aromatic heterocycles. The van der Waals surface area contributed by atoms with E-state index in [0.29, 0.717) is 42.4 Å². The van der Waals surface area contributed by atoms with Crippen molar-refractivity contribution in [2.45, 2.75) is 26.7 Å².